The maximum absolute atomic E-state index is 10.5. The molecule has 1 rings (SSSR count). The monoisotopic (exact) mass is 191 g/mol. The summed E-state index contributed by atoms with van der Waals surface area (Å²) >= 11 is 0. The van der Waals surface area contributed by atoms with Gasteiger partial charge in [-0.3, -0.25) is 0 Å². The largest absolute Gasteiger partial charge is 0.319 e. The third-order valence-electron chi connectivity index (χ3n) is 2.29. The van der Waals surface area contributed by atoms with E-state index < -0.39 is 0 Å². The van der Waals surface area contributed by atoms with Crippen LogP contribution >= 0.6 is 0 Å². The van der Waals surface area contributed by atoms with Gasteiger partial charge >= 0.3 is 0 Å². The molecule has 2 heteroatoms. The van der Waals surface area contributed by atoms with Crippen LogP contribution in [0, 0.1) is 5.92 Å². The van der Waals surface area contributed by atoms with E-state index in [9.17, 15) is 4.79 Å². The second kappa shape index (κ2) is 6.33. The molecule has 0 aliphatic carbocycles. The summed E-state index contributed by atoms with van der Waals surface area (Å²) in [4.78, 5) is 10.5. The Morgan fingerprint density at radius 2 is 2.07 bits per heavy atom. The van der Waals surface area contributed by atoms with Crippen molar-refractivity contribution in [3.8, 4) is 0 Å². The molecule has 0 heterocycles. The zero-order chi connectivity index (χ0) is 10.2. The molecule has 2 nitrogen and oxygen atoms in total. The van der Waals surface area contributed by atoms with Crippen molar-refractivity contribution in [1.29, 1.82) is 0 Å². The van der Waals surface area contributed by atoms with E-state index in [-0.39, 0.29) is 0 Å². The Morgan fingerprint density at radius 1 is 1.36 bits per heavy atom. The summed E-state index contributed by atoms with van der Waals surface area (Å²) in [5.41, 5.74) is 1.30. The Bertz CT molecular complexity index is 258. The first kappa shape index (κ1) is 10.9. The molecule has 0 fully saturated rings. The van der Waals surface area contributed by atoms with Gasteiger partial charge in [-0.05, 0) is 31.5 Å². The third-order valence-corrected chi connectivity index (χ3v) is 2.29. The van der Waals surface area contributed by atoms with Gasteiger partial charge in [0, 0.05) is 6.42 Å². The lowest BCUT2D eigenvalue weighted by molar-refractivity contribution is -0.108. The van der Waals surface area contributed by atoms with Gasteiger partial charge in [-0.1, -0.05) is 30.3 Å². The molecule has 0 aliphatic heterocycles. The van der Waals surface area contributed by atoms with Crippen molar-refractivity contribution in [2.45, 2.75) is 12.8 Å². The summed E-state index contributed by atoms with van der Waals surface area (Å²) in [5.74, 6) is 0.417. The molecule has 0 aromatic heterocycles. The molecule has 1 N–H and O–H groups in total. The second-order valence-electron chi connectivity index (χ2n) is 3.52. The normalized spacial score (nSPS) is 12.4. The highest BCUT2D eigenvalue weighted by Crippen LogP contribution is 2.10. The summed E-state index contributed by atoms with van der Waals surface area (Å²) in [6.45, 7) is 0.896. The molecule has 76 valence electrons. The minimum atomic E-state index is 0.417. The smallest absolute Gasteiger partial charge is 0.120 e. The average molecular weight is 191 g/mol. The topological polar surface area (TPSA) is 29.1 Å². The summed E-state index contributed by atoms with van der Waals surface area (Å²) in [6.07, 6.45) is 2.61. The first-order chi connectivity index (χ1) is 6.86. The molecule has 0 saturated carbocycles. The predicted octanol–water partition coefficient (Wildman–Crippen LogP) is 1.65. The Hall–Kier alpha value is -1.15. The first-order valence-corrected chi connectivity index (χ1v) is 4.99. The number of aldehydes is 1. The number of carbonyl (C=O) groups excluding carboxylic acids is 1. The first-order valence-electron chi connectivity index (χ1n) is 4.99. The van der Waals surface area contributed by atoms with E-state index in [1.807, 2.05) is 25.2 Å². The van der Waals surface area contributed by atoms with Crippen LogP contribution in [0.5, 0.6) is 0 Å². The number of hydrogen-bond acceptors (Lipinski definition) is 2. The highest BCUT2D eigenvalue weighted by molar-refractivity contribution is 5.49. The van der Waals surface area contributed by atoms with Crippen molar-refractivity contribution in [3.05, 3.63) is 35.9 Å². The Kier molecular flexibility index (Phi) is 4.94. The lowest BCUT2D eigenvalue weighted by atomic mass is 9.97. The van der Waals surface area contributed by atoms with E-state index in [4.69, 9.17) is 0 Å². The van der Waals surface area contributed by atoms with Crippen molar-refractivity contribution in [2.24, 2.45) is 5.92 Å². The second-order valence-corrected chi connectivity index (χ2v) is 3.52. The molecule has 14 heavy (non-hydrogen) atoms. The van der Waals surface area contributed by atoms with E-state index in [1.165, 1.54) is 5.56 Å². The minimum Gasteiger partial charge on any atom is -0.319 e. The van der Waals surface area contributed by atoms with Crippen molar-refractivity contribution in [2.75, 3.05) is 13.6 Å². The van der Waals surface area contributed by atoms with Crippen LogP contribution < -0.4 is 5.32 Å². The highest BCUT2D eigenvalue weighted by atomic mass is 16.1. The lowest BCUT2D eigenvalue weighted by Crippen LogP contribution is -2.21. The van der Waals surface area contributed by atoms with Crippen LogP contribution in [0.4, 0.5) is 0 Å². The Balaban J connectivity index is 2.50. The fourth-order valence-corrected chi connectivity index (χ4v) is 1.61. The Labute approximate surface area is 85.3 Å². The quantitative estimate of drug-likeness (QED) is 0.693. The van der Waals surface area contributed by atoms with Crippen LogP contribution in [0.1, 0.15) is 12.0 Å². The van der Waals surface area contributed by atoms with Gasteiger partial charge in [0.1, 0.15) is 6.29 Å². The fourth-order valence-electron chi connectivity index (χ4n) is 1.61. The fraction of sp³-hybridized carbons (Fsp3) is 0.417. The van der Waals surface area contributed by atoms with E-state index in [2.05, 4.69) is 17.4 Å². The molecular weight excluding hydrogens is 174 g/mol. The zero-order valence-corrected chi connectivity index (χ0v) is 8.57. The van der Waals surface area contributed by atoms with Crippen LogP contribution in [0.2, 0.25) is 0 Å². The molecule has 0 saturated heterocycles. The molecular formula is C12H17NO. The number of nitrogens with one attached hydrogen (secondary N) is 1. The van der Waals surface area contributed by atoms with Gasteiger partial charge in [0.05, 0.1) is 0 Å². The van der Waals surface area contributed by atoms with Crippen molar-refractivity contribution in [1.82, 2.24) is 5.32 Å². The zero-order valence-electron chi connectivity index (χ0n) is 8.57. The van der Waals surface area contributed by atoms with Crippen LogP contribution in [-0.2, 0) is 11.2 Å². The molecule has 0 aliphatic rings. The maximum Gasteiger partial charge on any atom is 0.120 e. The number of rotatable bonds is 6. The number of benzene rings is 1. The van der Waals surface area contributed by atoms with Gasteiger partial charge in [0.15, 0.2) is 0 Å². The van der Waals surface area contributed by atoms with Gasteiger partial charge in [-0.25, -0.2) is 0 Å². The molecule has 1 aromatic rings. The average Bonchev–Trinajstić information content (AvgIpc) is 2.20. The molecule has 1 unspecified atom stereocenters. The van der Waals surface area contributed by atoms with Crippen LogP contribution in [-0.4, -0.2) is 19.9 Å². The van der Waals surface area contributed by atoms with E-state index in [0.29, 0.717) is 12.3 Å². The van der Waals surface area contributed by atoms with Gasteiger partial charge in [0.25, 0.3) is 0 Å². The number of carbonyl (C=O) groups is 1. The van der Waals surface area contributed by atoms with Gasteiger partial charge in [0.2, 0.25) is 0 Å². The lowest BCUT2D eigenvalue weighted by Gasteiger charge is -2.13. The maximum atomic E-state index is 10.5. The summed E-state index contributed by atoms with van der Waals surface area (Å²) in [7, 11) is 1.92. The SMILES string of the molecule is CNCC(CC=O)Cc1ccccc1. The standard InChI is InChI=1S/C12H17NO/c1-13-10-12(7-8-14)9-11-5-3-2-4-6-11/h2-6,8,12-13H,7,9-10H2,1H3. The van der Waals surface area contributed by atoms with Crippen LogP contribution in [0.25, 0.3) is 0 Å². The van der Waals surface area contributed by atoms with Gasteiger partial charge in [-0.15, -0.1) is 0 Å². The van der Waals surface area contributed by atoms with Crippen molar-refractivity contribution in [3.63, 3.8) is 0 Å². The van der Waals surface area contributed by atoms with E-state index in [1.54, 1.807) is 0 Å². The van der Waals surface area contributed by atoms with Crippen molar-refractivity contribution >= 4 is 6.29 Å². The van der Waals surface area contributed by atoms with Crippen LogP contribution in [0.15, 0.2) is 30.3 Å². The predicted molar refractivity (Wildman–Crippen MR) is 58.2 cm³/mol. The Morgan fingerprint density at radius 3 is 2.64 bits per heavy atom. The van der Waals surface area contributed by atoms with Crippen molar-refractivity contribution < 1.29 is 4.79 Å². The van der Waals surface area contributed by atoms with Gasteiger partial charge in [-0.2, -0.15) is 0 Å². The van der Waals surface area contributed by atoms with Gasteiger partial charge < -0.3 is 10.1 Å². The molecule has 0 amide bonds. The number of hydrogen-bond donors (Lipinski definition) is 1. The summed E-state index contributed by atoms with van der Waals surface area (Å²) in [5, 5.41) is 3.11. The third kappa shape index (κ3) is 3.71. The molecule has 0 spiro atoms. The summed E-state index contributed by atoms with van der Waals surface area (Å²) in [6, 6.07) is 10.3. The molecule has 0 radical (unpaired) electrons. The van der Waals surface area contributed by atoms with Crippen LogP contribution in [0.3, 0.4) is 0 Å². The van der Waals surface area contributed by atoms with E-state index in [0.717, 1.165) is 19.3 Å². The summed E-state index contributed by atoms with van der Waals surface area (Å²) < 4.78 is 0. The minimum absolute atomic E-state index is 0.417. The molecule has 1 atom stereocenters. The van der Waals surface area contributed by atoms with E-state index >= 15 is 0 Å². The molecule has 0 bridgehead atoms. The highest BCUT2D eigenvalue weighted by Gasteiger charge is 2.07. The molecule has 1 aromatic carbocycles.